The monoisotopic (exact) mass is 137 g/mol. The predicted octanol–water partition coefficient (Wildman–Crippen LogP) is 2.52. The highest BCUT2D eigenvalue weighted by atomic mass is 32.1. The van der Waals surface area contributed by atoms with Crippen LogP contribution in [-0.4, -0.2) is 0 Å². The van der Waals surface area contributed by atoms with Gasteiger partial charge in [0.15, 0.2) is 0 Å². The molecule has 1 heteroatoms. The fourth-order valence-corrected chi connectivity index (χ4v) is 0.828. The van der Waals surface area contributed by atoms with Crippen molar-refractivity contribution in [1.29, 1.82) is 0 Å². The molecule has 0 N–H and O–H groups in total. The van der Waals surface area contributed by atoms with Gasteiger partial charge in [-0.25, -0.2) is 0 Å². The van der Waals surface area contributed by atoms with Crippen molar-refractivity contribution in [3.8, 4) is 0 Å². The largest absolute Gasteiger partial charge is 0.166 e. The van der Waals surface area contributed by atoms with E-state index in [-0.39, 0.29) is 0 Å². The molecule has 1 rings (SSSR count). The van der Waals surface area contributed by atoms with E-state index in [1.54, 1.807) is 0 Å². The Morgan fingerprint density at radius 3 is 2.11 bits per heavy atom. The van der Waals surface area contributed by atoms with Crippen molar-refractivity contribution < 1.29 is 0 Å². The summed E-state index contributed by atoms with van der Waals surface area (Å²) in [5.74, 6) is 0. The zero-order chi connectivity index (χ0) is 6.69. The second kappa shape index (κ2) is 2.92. The van der Waals surface area contributed by atoms with E-state index < -0.39 is 0 Å². The molecule has 1 aromatic carbocycles. The zero-order valence-corrected chi connectivity index (χ0v) is 6.23. The zero-order valence-electron chi connectivity index (χ0n) is 5.33. The van der Waals surface area contributed by atoms with Gasteiger partial charge >= 0.3 is 0 Å². The van der Waals surface area contributed by atoms with Crippen LogP contribution in [0.15, 0.2) is 30.3 Å². The molecule has 0 bridgehead atoms. The second-order valence-electron chi connectivity index (χ2n) is 1.95. The predicted molar refractivity (Wildman–Crippen MR) is 43.4 cm³/mol. The van der Waals surface area contributed by atoms with E-state index in [2.05, 4.69) is 12.6 Å². The van der Waals surface area contributed by atoms with Crippen LogP contribution >= 0.6 is 12.6 Å². The summed E-state index contributed by atoms with van der Waals surface area (Å²) in [6, 6.07) is 10.1. The van der Waals surface area contributed by atoms with Gasteiger partial charge in [-0.2, -0.15) is 12.6 Å². The first-order chi connectivity index (χ1) is 4.30. The summed E-state index contributed by atoms with van der Waals surface area (Å²) in [5.41, 5.74) is 1.20. The van der Waals surface area contributed by atoms with E-state index in [4.69, 9.17) is 0 Å². The molecule has 1 radical (unpaired) electrons. The van der Waals surface area contributed by atoms with Crippen LogP contribution in [-0.2, 0) is 0 Å². The van der Waals surface area contributed by atoms with Gasteiger partial charge in [0.1, 0.15) is 0 Å². The van der Waals surface area contributed by atoms with Gasteiger partial charge in [0.2, 0.25) is 0 Å². The van der Waals surface area contributed by atoms with Crippen molar-refractivity contribution in [3.63, 3.8) is 0 Å². The van der Waals surface area contributed by atoms with Crippen molar-refractivity contribution in [2.24, 2.45) is 0 Å². The third-order valence-corrected chi connectivity index (χ3v) is 1.45. The molecule has 0 aliphatic rings. The van der Waals surface area contributed by atoms with Gasteiger partial charge in [-0.15, -0.1) is 0 Å². The molecule has 0 atom stereocenters. The third kappa shape index (κ3) is 1.75. The Bertz CT molecular complexity index is 167. The number of benzene rings is 1. The molecule has 0 saturated carbocycles. The first-order valence-electron chi connectivity index (χ1n) is 2.88. The summed E-state index contributed by atoms with van der Waals surface area (Å²) in [7, 11) is 0. The minimum absolute atomic E-state index is 1.07. The topological polar surface area (TPSA) is 0 Å². The van der Waals surface area contributed by atoms with E-state index in [0.29, 0.717) is 0 Å². The van der Waals surface area contributed by atoms with Crippen molar-refractivity contribution in [3.05, 3.63) is 41.1 Å². The van der Waals surface area contributed by atoms with E-state index in [1.165, 1.54) is 5.56 Å². The molecular weight excluding hydrogens is 128 g/mol. The molecule has 0 saturated heterocycles. The molecule has 0 fully saturated rings. The van der Waals surface area contributed by atoms with Gasteiger partial charge in [-0.3, -0.25) is 0 Å². The van der Waals surface area contributed by atoms with Crippen LogP contribution in [0.4, 0.5) is 0 Å². The lowest BCUT2D eigenvalue weighted by molar-refractivity contribution is 1.38. The molecule has 0 amide bonds. The highest BCUT2D eigenvalue weighted by Crippen LogP contribution is 2.15. The van der Waals surface area contributed by atoms with Gasteiger partial charge in [0.25, 0.3) is 0 Å². The van der Waals surface area contributed by atoms with E-state index in [9.17, 15) is 0 Å². The van der Waals surface area contributed by atoms with Crippen molar-refractivity contribution >= 4 is 12.6 Å². The van der Waals surface area contributed by atoms with Gasteiger partial charge < -0.3 is 0 Å². The summed E-state index contributed by atoms with van der Waals surface area (Å²) in [5, 5.41) is 1.07. The van der Waals surface area contributed by atoms with E-state index >= 15 is 0 Å². The lowest BCUT2D eigenvalue weighted by atomic mass is 10.2. The van der Waals surface area contributed by atoms with Gasteiger partial charge in [-0.05, 0) is 12.5 Å². The summed E-state index contributed by atoms with van der Waals surface area (Å²) < 4.78 is 0. The Balaban J connectivity index is 2.85. The summed E-state index contributed by atoms with van der Waals surface area (Å²) in [6.45, 7) is 1.98. The third-order valence-electron chi connectivity index (χ3n) is 1.19. The maximum Gasteiger partial charge on any atom is 0.0532 e. The lowest BCUT2D eigenvalue weighted by Gasteiger charge is -1.99. The number of hydrogen-bond donors (Lipinski definition) is 1. The Labute approximate surface area is 61.3 Å². The molecule has 0 nitrogen and oxygen atoms in total. The second-order valence-corrected chi connectivity index (χ2v) is 2.62. The fraction of sp³-hybridized carbons (Fsp3) is 0.125. The van der Waals surface area contributed by atoms with Crippen LogP contribution in [0.25, 0.3) is 0 Å². The SMILES string of the molecule is C[C](S)c1ccccc1. The lowest BCUT2D eigenvalue weighted by Crippen LogP contribution is -1.81. The number of hydrogen-bond acceptors (Lipinski definition) is 1. The van der Waals surface area contributed by atoms with Crippen LogP contribution in [0.1, 0.15) is 12.5 Å². The first-order valence-corrected chi connectivity index (χ1v) is 3.33. The highest BCUT2D eigenvalue weighted by Gasteiger charge is 1.95. The van der Waals surface area contributed by atoms with E-state index in [0.717, 1.165) is 5.25 Å². The molecule has 0 spiro atoms. The highest BCUT2D eigenvalue weighted by molar-refractivity contribution is 7.83. The van der Waals surface area contributed by atoms with E-state index in [1.807, 2.05) is 37.3 Å². The van der Waals surface area contributed by atoms with Crippen LogP contribution in [0.3, 0.4) is 0 Å². The average molecular weight is 137 g/mol. The van der Waals surface area contributed by atoms with Crippen molar-refractivity contribution in [1.82, 2.24) is 0 Å². The first kappa shape index (κ1) is 6.69. The van der Waals surface area contributed by atoms with Crippen molar-refractivity contribution in [2.45, 2.75) is 6.92 Å². The van der Waals surface area contributed by atoms with Gasteiger partial charge in [0.05, 0.1) is 5.25 Å². The molecule has 47 valence electrons. The van der Waals surface area contributed by atoms with Gasteiger partial charge in [0, 0.05) is 0 Å². The van der Waals surface area contributed by atoms with Crippen LogP contribution in [0, 0.1) is 5.25 Å². The Kier molecular flexibility index (Phi) is 2.17. The molecular formula is C8H9S. The molecule has 0 aliphatic heterocycles. The Morgan fingerprint density at radius 1 is 1.22 bits per heavy atom. The van der Waals surface area contributed by atoms with Crippen molar-refractivity contribution in [2.75, 3.05) is 0 Å². The average Bonchev–Trinajstić information content (AvgIpc) is 1.90. The minimum Gasteiger partial charge on any atom is -0.166 e. The molecule has 9 heavy (non-hydrogen) atoms. The Hall–Kier alpha value is -0.430. The summed E-state index contributed by atoms with van der Waals surface area (Å²) in [6.07, 6.45) is 0. The van der Waals surface area contributed by atoms with Crippen LogP contribution in [0.2, 0.25) is 0 Å². The normalized spacial score (nSPS) is 10.1. The Morgan fingerprint density at radius 2 is 1.78 bits per heavy atom. The minimum atomic E-state index is 1.07. The molecule has 0 aromatic heterocycles. The maximum absolute atomic E-state index is 4.20. The van der Waals surface area contributed by atoms with Crippen LogP contribution in [0.5, 0.6) is 0 Å². The number of thiol groups is 1. The molecule has 0 aliphatic carbocycles. The number of rotatable bonds is 1. The molecule has 1 aromatic rings. The quantitative estimate of drug-likeness (QED) is 0.565. The standard InChI is InChI=1S/C8H9S/c1-7(9)8-5-3-2-4-6-8/h2-6,9H,1H3. The summed E-state index contributed by atoms with van der Waals surface area (Å²) in [4.78, 5) is 0. The van der Waals surface area contributed by atoms with Crippen LogP contribution < -0.4 is 0 Å². The molecule has 0 heterocycles. The summed E-state index contributed by atoms with van der Waals surface area (Å²) >= 11 is 4.20. The maximum atomic E-state index is 4.20. The fourth-order valence-electron chi connectivity index (χ4n) is 0.679. The van der Waals surface area contributed by atoms with Gasteiger partial charge in [-0.1, -0.05) is 30.3 Å². The smallest absolute Gasteiger partial charge is 0.0532 e. The molecule has 0 unspecified atom stereocenters.